The number of fused-ring (bicyclic) bond motifs is 4. The molecule has 3 saturated heterocycles. The van der Waals surface area contributed by atoms with E-state index < -0.39 is 12.6 Å². The van der Waals surface area contributed by atoms with Crippen LogP contribution in [-0.4, -0.2) is 52.6 Å². The first kappa shape index (κ1) is 17.5. The van der Waals surface area contributed by atoms with Gasteiger partial charge in [-0.3, -0.25) is 4.79 Å². The zero-order chi connectivity index (χ0) is 18.3. The highest BCUT2D eigenvalue weighted by molar-refractivity contribution is 5.77. The summed E-state index contributed by atoms with van der Waals surface area (Å²) < 4.78 is 37.4. The molecule has 4 heterocycles. The molecule has 0 saturated carbocycles. The maximum atomic E-state index is 12.5. The molecule has 2 bridgehead atoms. The van der Waals surface area contributed by atoms with Crippen molar-refractivity contribution in [2.75, 3.05) is 24.5 Å². The highest BCUT2D eigenvalue weighted by atomic mass is 19.4. The van der Waals surface area contributed by atoms with Gasteiger partial charge in [-0.05, 0) is 43.6 Å². The third kappa shape index (κ3) is 3.64. The van der Waals surface area contributed by atoms with Gasteiger partial charge < -0.3 is 9.80 Å². The first-order valence-electron chi connectivity index (χ1n) is 9.32. The van der Waals surface area contributed by atoms with Crippen molar-refractivity contribution in [3.8, 4) is 0 Å². The first-order valence-corrected chi connectivity index (χ1v) is 9.32. The summed E-state index contributed by atoms with van der Waals surface area (Å²) in [5, 5.41) is 0. The summed E-state index contributed by atoms with van der Waals surface area (Å²) in [6.07, 6.45) is 0.147. The lowest BCUT2D eigenvalue weighted by Gasteiger charge is -2.52. The van der Waals surface area contributed by atoms with Crippen LogP contribution in [-0.2, 0) is 11.2 Å². The summed E-state index contributed by atoms with van der Waals surface area (Å²) in [6, 6.07) is 1.85. The number of carbonyl (C=O) groups is 1. The second-order valence-electron chi connectivity index (χ2n) is 7.74. The molecule has 3 atom stereocenters. The molecule has 5 nitrogen and oxygen atoms in total. The largest absolute Gasteiger partial charge is 0.389 e. The maximum absolute atomic E-state index is 12.5. The average molecular weight is 368 g/mol. The number of anilines is 1. The van der Waals surface area contributed by atoms with Gasteiger partial charge in [0, 0.05) is 50.4 Å². The highest BCUT2D eigenvalue weighted by Crippen LogP contribution is 2.38. The molecule has 1 aromatic rings. The normalized spacial score (nSPS) is 28.9. The van der Waals surface area contributed by atoms with Gasteiger partial charge in [0.25, 0.3) is 0 Å². The van der Waals surface area contributed by atoms with E-state index in [1.54, 1.807) is 12.3 Å². The Balaban J connectivity index is 1.47. The number of nitrogens with zero attached hydrogens (tertiary/aromatic N) is 4. The Labute approximate surface area is 150 Å². The predicted octanol–water partition coefficient (Wildman–Crippen LogP) is 2.81. The third-order valence-electron chi connectivity index (χ3n) is 5.83. The van der Waals surface area contributed by atoms with Crippen molar-refractivity contribution >= 4 is 11.9 Å². The molecular formula is C18H23F3N4O. The summed E-state index contributed by atoms with van der Waals surface area (Å²) in [7, 11) is 0. The van der Waals surface area contributed by atoms with Gasteiger partial charge in [-0.2, -0.15) is 13.2 Å². The minimum atomic E-state index is -4.18. The smallest absolute Gasteiger partial charge is 0.340 e. The Morgan fingerprint density at radius 2 is 2.08 bits per heavy atom. The molecule has 1 amide bonds. The van der Waals surface area contributed by atoms with Crippen LogP contribution in [0.1, 0.15) is 37.8 Å². The van der Waals surface area contributed by atoms with Gasteiger partial charge in [0.1, 0.15) is 0 Å². The number of alkyl halides is 3. The predicted molar refractivity (Wildman–Crippen MR) is 89.6 cm³/mol. The number of amides is 1. The van der Waals surface area contributed by atoms with Crippen LogP contribution in [0.3, 0.4) is 0 Å². The molecule has 3 aliphatic heterocycles. The summed E-state index contributed by atoms with van der Waals surface area (Å²) in [4.78, 5) is 25.1. The molecule has 3 aliphatic rings. The van der Waals surface area contributed by atoms with E-state index in [1.165, 1.54) is 0 Å². The van der Waals surface area contributed by atoms with Crippen molar-refractivity contribution in [1.82, 2.24) is 14.9 Å². The lowest BCUT2D eigenvalue weighted by atomic mass is 9.76. The standard InChI is InChI=1S/C18H23F3N4O/c19-18(20,21)6-4-14-5-7-22-17(23-14)24-9-12-8-13(11-24)15-2-1-3-16(26)25(15)10-12/h5,7,12-13,15H,1-4,6,8-11H2/t12?,13?,15-/m0/s1. The summed E-state index contributed by atoms with van der Waals surface area (Å²) in [5.74, 6) is 1.58. The minimum Gasteiger partial charge on any atom is -0.340 e. The van der Waals surface area contributed by atoms with Crippen LogP contribution < -0.4 is 4.90 Å². The average Bonchev–Trinajstić information content (AvgIpc) is 2.60. The van der Waals surface area contributed by atoms with E-state index in [0.717, 1.165) is 38.9 Å². The Morgan fingerprint density at radius 1 is 1.23 bits per heavy atom. The summed E-state index contributed by atoms with van der Waals surface area (Å²) in [6.45, 7) is 2.31. The number of aromatic nitrogens is 2. The molecule has 2 unspecified atom stereocenters. The number of hydrogen-bond acceptors (Lipinski definition) is 4. The summed E-state index contributed by atoms with van der Waals surface area (Å²) in [5.41, 5.74) is 0.428. The molecule has 4 rings (SSSR count). The van der Waals surface area contributed by atoms with Crippen LogP contribution in [0.15, 0.2) is 12.3 Å². The monoisotopic (exact) mass is 368 g/mol. The fourth-order valence-electron chi connectivity index (χ4n) is 4.72. The first-order chi connectivity index (χ1) is 12.4. The van der Waals surface area contributed by atoms with E-state index in [1.807, 2.05) is 0 Å². The molecular weight excluding hydrogens is 345 g/mol. The van der Waals surface area contributed by atoms with Crippen molar-refractivity contribution in [3.63, 3.8) is 0 Å². The van der Waals surface area contributed by atoms with Crippen LogP contribution in [0.5, 0.6) is 0 Å². The second-order valence-corrected chi connectivity index (χ2v) is 7.74. The van der Waals surface area contributed by atoms with Crippen LogP contribution in [0.2, 0.25) is 0 Å². The van der Waals surface area contributed by atoms with Crippen LogP contribution in [0, 0.1) is 11.8 Å². The zero-order valence-electron chi connectivity index (χ0n) is 14.6. The SMILES string of the molecule is O=C1CCC[C@H]2C3CC(CN(c4nccc(CCC(F)(F)F)n4)C3)CN12. The van der Waals surface area contributed by atoms with Gasteiger partial charge in [-0.1, -0.05) is 0 Å². The van der Waals surface area contributed by atoms with Crippen molar-refractivity contribution in [1.29, 1.82) is 0 Å². The number of rotatable bonds is 3. The third-order valence-corrected chi connectivity index (χ3v) is 5.83. The van der Waals surface area contributed by atoms with E-state index in [9.17, 15) is 18.0 Å². The number of hydrogen-bond donors (Lipinski definition) is 0. The molecule has 0 aliphatic carbocycles. The van der Waals surface area contributed by atoms with E-state index in [2.05, 4.69) is 19.8 Å². The van der Waals surface area contributed by atoms with Gasteiger partial charge in [-0.15, -0.1) is 0 Å². The van der Waals surface area contributed by atoms with Gasteiger partial charge in [0.05, 0.1) is 0 Å². The lowest BCUT2D eigenvalue weighted by molar-refractivity contribution is -0.142. The fourth-order valence-corrected chi connectivity index (χ4v) is 4.72. The minimum absolute atomic E-state index is 0.120. The Hall–Kier alpha value is -1.86. The molecule has 26 heavy (non-hydrogen) atoms. The molecule has 3 fully saturated rings. The van der Waals surface area contributed by atoms with Crippen molar-refractivity contribution in [2.24, 2.45) is 11.8 Å². The second kappa shape index (κ2) is 6.70. The van der Waals surface area contributed by atoms with Gasteiger partial charge in [0.15, 0.2) is 0 Å². The van der Waals surface area contributed by atoms with E-state index in [0.29, 0.717) is 35.9 Å². The molecule has 0 aromatic carbocycles. The molecule has 8 heteroatoms. The Bertz CT molecular complexity index is 681. The Morgan fingerprint density at radius 3 is 2.88 bits per heavy atom. The number of aryl methyl sites for hydroxylation is 1. The zero-order valence-corrected chi connectivity index (χ0v) is 14.6. The molecule has 0 radical (unpaired) electrons. The van der Waals surface area contributed by atoms with Gasteiger partial charge in [0.2, 0.25) is 11.9 Å². The molecule has 0 N–H and O–H groups in total. The van der Waals surface area contributed by atoms with Crippen molar-refractivity contribution in [2.45, 2.75) is 50.7 Å². The molecule has 0 spiro atoms. The van der Waals surface area contributed by atoms with Crippen LogP contribution in [0.4, 0.5) is 19.1 Å². The highest BCUT2D eigenvalue weighted by Gasteiger charge is 2.44. The van der Waals surface area contributed by atoms with E-state index >= 15 is 0 Å². The summed E-state index contributed by atoms with van der Waals surface area (Å²) >= 11 is 0. The Kier molecular flexibility index (Phi) is 4.52. The quantitative estimate of drug-likeness (QED) is 0.823. The number of carbonyl (C=O) groups excluding carboxylic acids is 1. The van der Waals surface area contributed by atoms with Crippen molar-refractivity contribution in [3.05, 3.63) is 18.0 Å². The molecule has 142 valence electrons. The maximum Gasteiger partial charge on any atom is 0.389 e. The lowest BCUT2D eigenvalue weighted by Crippen LogP contribution is -2.60. The van der Waals surface area contributed by atoms with Crippen molar-refractivity contribution < 1.29 is 18.0 Å². The molecule has 1 aromatic heterocycles. The van der Waals surface area contributed by atoms with Gasteiger partial charge >= 0.3 is 6.18 Å². The van der Waals surface area contributed by atoms with Crippen LogP contribution in [0.25, 0.3) is 0 Å². The van der Waals surface area contributed by atoms with Gasteiger partial charge in [-0.25, -0.2) is 9.97 Å². The topological polar surface area (TPSA) is 49.3 Å². The number of piperidine rings is 3. The van der Waals surface area contributed by atoms with E-state index in [4.69, 9.17) is 0 Å². The van der Waals surface area contributed by atoms with Crippen LogP contribution >= 0.6 is 0 Å². The van der Waals surface area contributed by atoms with E-state index in [-0.39, 0.29) is 12.3 Å². The fraction of sp³-hybridized carbons (Fsp3) is 0.722. The number of halogens is 3.